The van der Waals surface area contributed by atoms with Gasteiger partial charge in [-0.15, -0.1) is 12.4 Å². The molecular formula is C14H22ClN3O3S. The maximum Gasteiger partial charge on any atom is 0.238 e. The molecule has 1 atom stereocenters. The number of carbonyl (C=O) groups excluding carboxylic acids is 1. The Hall–Kier alpha value is -1.18. The van der Waals surface area contributed by atoms with Crippen molar-refractivity contribution < 1.29 is 13.2 Å². The molecule has 0 saturated carbocycles. The molecule has 2 heterocycles. The first-order valence-corrected chi connectivity index (χ1v) is 8.75. The van der Waals surface area contributed by atoms with Crippen molar-refractivity contribution in [1.82, 2.24) is 15.2 Å². The summed E-state index contributed by atoms with van der Waals surface area (Å²) in [5, 5.41) is 2.69. The maximum absolute atomic E-state index is 12.4. The van der Waals surface area contributed by atoms with Crippen molar-refractivity contribution in [1.29, 1.82) is 0 Å². The topological polar surface area (TPSA) is 79.4 Å². The summed E-state index contributed by atoms with van der Waals surface area (Å²) in [4.78, 5) is 18.1. The molecule has 0 bridgehead atoms. The summed E-state index contributed by atoms with van der Waals surface area (Å²) in [6, 6.07) is 3.56. The van der Waals surface area contributed by atoms with Crippen molar-refractivity contribution in [2.45, 2.75) is 25.1 Å². The number of rotatable bonds is 4. The summed E-state index contributed by atoms with van der Waals surface area (Å²) in [7, 11) is -3.38. The minimum Gasteiger partial charge on any atom is -0.332 e. The number of halogens is 1. The summed E-state index contributed by atoms with van der Waals surface area (Å²) in [5.74, 6) is -0.763. The first-order chi connectivity index (χ1) is 9.92. The summed E-state index contributed by atoms with van der Waals surface area (Å²) in [6.45, 7) is 4.98. The Morgan fingerprint density at radius 1 is 1.50 bits per heavy atom. The van der Waals surface area contributed by atoms with Crippen LogP contribution in [0.1, 0.15) is 25.5 Å². The van der Waals surface area contributed by atoms with Crippen LogP contribution in [0.15, 0.2) is 24.5 Å². The molecule has 0 aliphatic carbocycles. The van der Waals surface area contributed by atoms with E-state index in [1.807, 2.05) is 12.1 Å². The van der Waals surface area contributed by atoms with Crippen LogP contribution >= 0.6 is 12.4 Å². The Morgan fingerprint density at radius 2 is 2.23 bits per heavy atom. The van der Waals surface area contributed by atoms with Crippen molar-refractivity contribution in [3.8, 4) is 0 Å². The van der Waals surface area contributed by atoms with E-state index in [1.165, 1.54) is 0 Å². The average Bonchev–Trinajstić information content (AvgIpc) is 2.47. The zero-order valence-electron chi connectivity index (χ0n) is 12.7. The predicted molar refractivity (Wildman–Crippen MR) is 87.7 cm³/mol. The van der Waals surface area contributed by atoms with Gasteiger partial charge in [0, 0.05) is 32.0 Å². The number of hydrogen-bond acceptors (Lipinski definition) is 5. The number of sulfone groups is 1. The van der Waals surface area contributed by atoms with E-state index in [0.717, 1.165) is 5.56 Å². The van der Waals surface area contributed by atoms with E-state index < -0.39 is 20.8 Å². The largest absolute Gasteiger partial charge is 0.332 e. The highest BCUT2D eigenvalue weighted by atomic mass is 35.5. The Kier molecular flexibility index (Phi) is 6.77. The van der Waals surface area contributed by atoms with Crippen LogP contribution in [0.25, 0.3) is 0 Å². The van der Waals surface area contributed by atoms with E-state index in [2.05, 4.69) is 10.3 Å². The number of amides is 1. The molecule has 0 aromatic carbocycles. The van der Waals surface area contributed by atoms with Crippen LogP contribution in [0.4, 0.5) is 0 Å². The van der Waals surface area contributed by atoms with Crippen LogP contribution in [0, 0.1) is 0 Å². The van der Waals surface area contributed by atoms with E-state index in [0.29, 0.717) is 19.6 Å². The third kappa shape index (κ3) is 4.41. The second-order valence-electron chi connectivity index (χ2n) is 5.45. The smallest absolute Gasteiger partial charge is 0.238 e. The van der Waals surface area contributed by atoms with Gasteiger partial charge in [0.05, 0.1) is 11.3 Å². The highest BCUT2D eigenvalue weighted by molar-refractivity contribution is 7.92. The van der Waals surface area contributed by atoms with Gasteiger partial charge in [-0.25, -0.2) is 8.42 Å². The van der Waals surface area contributed by atoms with E-state index >= 15 is 0 Å². The Labute approximate surface area is 137 Å². The standard InChI is InChI=1S/C14H21N3O3S.ClH/c1-11(2)21(19,20)10-14(18)17-7-6-16-9-13(17)12-4-3-5-15-8-12;/h3-5,8,11,13,16H,6-7,9-10H2,1-2H3;1H. The van der Waals surface area contributed by atoms with Crippen molar-refractivity contribution >= 4 is 28.2 Å². The van der Waals surface area contributed by atoms with Crippen molar-refractivity contribution in [2.75, 3.05) is 25.4 Å². The molecule has 22 heavy (non-hydrogen) atoms. The molecule has 1 N–H and O–H groups in total. The monoisotopic (exact) mass is 347 g/mol. The zero-order chi connectivity index (χ0) is 15.5. The molecule has 0 spiro atoms. The van der Waals surface area contributed by atoms with Gasteiger partial charge in [0.2, 0.25) is 5.91 Å². The predicted octanol–water partition coefficient (Wildman–Crippen LogP) is 0.800. The number of piperazine rings is 1. The first-order valence-electron chi connectivity index (χ1n) is 7.03. The third-order valence-electron chi connectivity index (χ3n) is 3.68. The highest BCUT2D eigenvalue weighted by Crippen LogP contribution is 2.22. The molecule has 1 aromatic rings. The van der Waals surface area contributed by atoms with Gasteiger partial charge in [0.1, 0.15) is 5.75 Å². The van der Waals surface area contributed by atoms with Crippen LogP contribution in [0.3, 0.4) is 0 Å². The van der Waals surface area contributed by atoms with E-state index in [1.54, 1.807) is 31.1 Å². The number of aromatic nitrogens is 1. The molecule has 6 nitrogen and oxygen atoms in total. The van der Waals surface area contributed by atoms with Gasteiger partial charge in [0.15, 0.2) is 9.84 Å². The minimum absolute atomic E-state index is 0. The lowest BCUT2D eigenvalue weighted by molar-refractivity contribution is -0.131. The molecule has 1 unspecified atom stereocenters. The summed E-state index contributed by atoms with van der Waals surface area (Å²) < 4.78 is 23.9. The fraction of sp³-hybridized carbons (Fsp3) is 0.571. The summed E-state index contributed by atoms with van der Waals surface area (Å²) in [6.07, 6.45) is 3.39. The van der Waals surface area contributed by atoms with Crippen molar-refractivity contribution in [3.63, 3.8) is 0 Å². The molecule has 124 valence electrons. The lowest BCUT2D eigenvalue weighted by Gasteiger charge is -2.36. The lowest BCUT2D eigenvalue weighted by atomic mass is 10.1. The van der Waals surface area contributed by atoms with Gasteiger partial charge < -0.3 is 10.2 Å². The first kappa shape index (κ1) is 18.9. The van der Waals surface area contributed by atoms with Gasteiger partial charge >= 0.3 is 0 Å². The molecule has 1 fully saturated rings. The second-order valence-corrected chi connectivity index (χ2v) is 8.01. The number of nitrogens with one attached hydrogen (secondary N) is 1. The number of hydrogen-bond donors (Lipinski definition) is 1. The SMILES string of the molecule is CC(C)S(=O)(=O)CC(=O)N1CCNCC1c1cccnc1.Cl. The molecular weight excluding hydrogens is 326 g/mol. The van der Waals surface area contributed by atoms with Crippen LogP contribution in [0.2, 0.25) is 0 Å². The lowest BCUT2D eigenvalue weighted by Crippen LogP contribution is -2.50. The van der Waals surface area contributed by atoms with Crippen LogP contribution in [-0.2, 0) is 14.6 Å². The Balaban J connectivity index is 0.00000242. The normalized spacial score (nSPS) is 18.9. The number of carbonyl (C=O) groups is 1. The molecule has 2 rings (SSSR count). The van der Waals surface area contributed by atoms with Gasteiger partial charge in [0.25, 0.3) is 0 Å². The summed E-state index contributed by atoms with van der Waals surface area (Å²) in [5.41, 5.74) is 0.917. The van der Waals surface area contributed by atoms with Gasteiger partial charge in [-0.05, 0) is 25.5 Å². The fourth-order valence-corrected chi connectivity index (χ4v) is 3.14. The van der Waals surface area contributed by atoms with Gasteiger partial charge in [-0.1, -0.05) is 6.07 Å². The van der Waals surface area contributed by atoms with Crippen molar-refractivity contribution in [3.05, 3.63) is 30.1 Å². The zero-order valence-corrected chi connectivity index (χ0v) is 14.4. The van der Waals surface area contributed by atoms with Gasteiger partial charge in [-0.3, -0.25) is 9.78 Å². The molecule has 8 heteroatoms. The second kappa shape index (κ2) is 7.89. The quantitative estimate of drug-likeness (QED) is 0.871. The van der Waals surface area contributed by atoms with E-state index in [9.17, 15) is 13.2 Å². The van der Waals surface area contributed by atoms with Crippen molar-refractivity contribution in [2.24, 2.45) is 0 Å². The average molecular weight is 348 g/mol. The molecule has 1 aromatic heterocycles. The summed E-state index contributed by atoms with van der Waals surface area (Å²) >= 11 is 0. The Bertz CT molecular complexity index is 593. The van der Waals surface area contributed by atoms with E-state index in [-0.39, 0.29) is 24.4 Å². The molecule has 1 aliphatic heterocycles. The van der Waals surface area contributed by atoms with E-state index in [4.69, 9.17) is 0 Å². The maximum atomic E-state index is 12.4. The number of nitrogens with zero attached hydrogens (tertiary/aromatic N) is 2. The number of pyridine rings is 1. The molecule has 1 saturated heterocycles. The van der Waals surface area contributed by atoms with Crippen LogP contribution < -0.4 is 5.32 Å². The molecule has 0 radical (unpaired) electrons. The highest BCUT2D eigenvalue weighted by Gasteiger charge is 2.31. The molecule has 1 amide bonds. The third-order valence-corrected chi connectivity index (χ3v) is 5.76. The van der Waals surface area contributed by atoms with Crippen LogP contribution in [-0.4, -0.2) is 54.8 Å². The minimum atomic E-state index is -3.38. The Morgan fingerprint density at radius 3 is 2.82 bits per heavy atom. The van der Waals surface area contributed by atoms with Gasteiger partial charge in [-0.2, -0.15) is 0 Å². The molecule has 1 aliphatic rings. The van der Waals surface area contributed by atoms with Crippen LogP contribution in [0.5, 0.6) is 0 Å². The fourth-order valence-electron chi connectivity index (χ4n) is 2.30.